The molecule has 1 saturated heterocycles. The van der Waals surface area contributed by atoms with Gasteiger partial charge in [0.25, 0.3) is 0 Å². The smallest absolute Gasteiger partial charge is 0.207 e. The minimum atomic E-state index is -3.33. The summed E-state index contributed by atoms with van der Waals surface area (Å²) in [6.07, 6.45) is 3.99. The molecule has 0 radical (unpaired) electrons. The van der Waals surface area contributed by atoms with Crippen LogP contribution in [-0.4, -0.2) is 25.3 Å². The predicted molar refractivity (Wildman–Crippen MR) is 82.4 cm³/mol. The Morgan fingerprint density at radius 3 is 2.40 bits per heavy atom. The lowest BCUT2D eigenvalue weighted by Crippen LogP contribution is -2.43. The van der Waals surface area contributed by atoms with Gasteiger partial charge in [-0.05, 0) is 42.9 Å². The van der Waals surface area contributed by atoms with Crippen LogP contribution in [0, 0.1) is 0 Å². The van der Waals surface area contributed by atoms with Crippen molar-refractivity contribution in [3.05, 3.63) is 29.8 Å². The maximum absolute atomic E-state index is 12.8. The van der Waals surface area contributed by atoms with Crippen molar-refractivity contribution in [2.24, 2.45) is 0 Å². The second-order valence-corrected chi connectivity index (χ2v) is 7.79. The predicted octanol–water partition coefficient (Wildman–Crippen LogP) is 3.76. The highest BCUT2D eigenvalue weighted by Crippen LogP contribution is 2.27. The summed E-state index contributed by atoms with van der Waals surface area (Å²) in [7, 11) is -3.33. The summed E-state index contributed by atoms with van der Waals surface area (Å²) in [5.41, 5.74) is 1.18. The first-order valence-corrected chi connectivity index (χ1v) is 9.02. The van der Waals surface area contributed by atoms with E-state index in [1.807, 2.05) is 12.1 Å². The first kappa shape index (κ1) is 15.5. The van der Waals surface area contributed by atoms with Crippen molar-refractivity contribution < 1.29 is 8.42 Å². The van der Waals surface area contributed by atoms with Crippen LogP contribution in [0.3, 0.4) is 0 Å². The third kappa shape index (κ3) is 3.07. The molecule has 0 bridgehead atoms. The highest BCUT2D eigenvalue weighted by molar-refractivity contribution is 7.89. The molecular formula is C16H25NO2S. The van der Waals surface area contributed by atoms with E-state index in [0.717, 1.165) is 25.7 Å². The van der Waals surface area contributed by atoms with Crippen LogP contribution >= 0.6 is 0 Å². The van der Waals surface area contributed by atoms with E-state index < -0.39 is 10.0 Å². The van der Waals surface area contributed by atoms with Gasteiger partial charge in [-0.2, -0.15) is 4.31 Å². The Bertz CT molecular complexity index is 534. The van der Waals surface area contributed by atoms with E-state index in [4.69, 9.17) is 0 Å². The topological polar surface area (TPSA) is 37.4 Å². The van der Waals surface area contributed by atoms with E-state index in [1.165, 1.54) is 5.56 Å². The largest absolute Gasteiger partial charge is 0.243 e. The maximum Gasteiger partial charge on any atom is 0.243 e. The Morgan fingerprint density at radius 2 is 1.85 bits per heavy atom. The molecule has 1 heterocycles. The van der Waals surface area contributed by atoms with Gasteiger partial charge in [-0.15, -0.1) is 0 Å². The van der Waals surface area contributed by atoms with E-state index in [1.54, 1.807) is 16.4 Å². The van der Waals surface area contributed by atoms with Crippen molar-refractivity contribution in [1.29, 1.82) is 0 Å². The van der Waals surface area contributed by atoms with Crippen molar-refractivity contribution in [2.75, 3.05) is 6.54 Å². The number of benzene rings is 1. The molecule has 20 heavy (non-hydrogen) atoms. The summed E-state index contributed by atoms with van der Waals surface area (Å²) in [4.78, 5) is 0.433. The Labute approximate surface area is 123 Å². The van der Waals surface area contributed by atoms with E-state index >= 15 is 0 Å². The summed E-state index contributed by atoms with van der Waals surface area (Å²) in [6, 6.07) is 7.54. The number of sulfonamides is 1. The summed E-state index contributed by atoms with van der Waals surface area (Å²) >= 11 is 0. The second-order valence-electron chi connectivity index (χ2n) is 5.90. The quantitative estimate of drug-likeness (QED) is 0.848. The minimum Gasteiger partial charge on any atom is -0.207 e. The zero-order valence-electron chi connectivity index (χ0n) is 12.7. The van der Waals surface area contributed by atoms with Gasteiger partial charge in [0.1, 0.15) is 0 Å². The molecule has 1 fully saturated rings. The van der Waals surface area contributed by atoms with Crippen molar-refractivity contribution in [3.63, 3.8) is 0 Å². The maximum atomic E-state index is 12.8. The van der Waals surface area contributed by atoms with Crippen LogP contribution in [0.25, 0.3) is 0 Å². The Morgan fingerprint density at radius 1 is 1.20 bits per heavy atom. The molecule has 1 aromatic rings. The number of hydrogen-bond donors (Lipinski definition) is 0. The molecule has 112 valence electrons. The average Bonchev–Trinajstić information content (AvgIpc) is 2.47. The second kappa shape index (κ2) is 6.27. The van der Waals surface area contributed by atoms with Crippen LogP contribution in [0.2, 0.25) is 0 Å². The molecule has 1 aromatic carbocycles. The molecule has 0 aliphatic carbocycles. The fourth-order valence-corrected chi connectivity index (χ4v) is 4.63. The first-order chi connectivity index (χ1) is 9.46. The van der Waals surface area contributed by atoms with Gasteiger partial charge >= 0.3 is 0 Å². The molecule has 1 aliphatic heterocycles. The van der Waals surface area contributed by atoms with Gasteiger partial charge in [0.15, 0.2) is 0 Å². The van der Waals surface area contributed by atoms with Crippen molar-refractivity contribution in [2.45, 2.75) is 63.3 Å². The summed E-state index contributed by atoms with van der Waals surface area (Å²) in [6.45, 7) is 6.95. The van der Waals surface area contributed by atoms with Crippen LogP contribution in [-0.2, 0) is 10.0 Å². The van der Waals surface area contributed by atoms with E-state index in [-0.39, 0.29) is 6.04 Å². The lowest BCUT2D eigenvalue weighted by Gasteiger charge is -2.34. The molecule has 3 nitrogen and oxygen atoms in total. The molecule has 0 unspecified atom stereocenters. The number of piperidine rings is 1. The minimum absolute atomic E-state index is 0.165. The molecule has 0 aromatic heterocycles. The van der Waals surface area contributed by atoms with Crippen LogP contribution in [0.4, 0.5) is 0 Å². The van der Waals surface area contributed by atoms with E-state index in [0.29, 0.717) is 17.4 Å². The summed E-state index contributed by atoms with van der Waals surface area (Å²) < 4.78 is 27.2. The van der Waals surface area contributed by atoms with Gasteiger partial charge < -0.3 is 0 Å². The summed E-state index contributed by atoms with van der Waals surface area (Å²) in [5, 5.41) is 0. The molecule has 0 saturated carbocycles. The zero-order valence-corrected chi connectivity index (χ0v) is 13.5. The van der Waals surface area contributed by atoms with Crippen molar-refractivity contribution in [1.82, 2.24) is 4.31 Å². The molecular weight excluding hydrogens is 270 g/mol. The highest BCUT2D eigenvalue weighted by Gasteiger charge is 2.32. The van der Waals surface area contributed by atoms with Crippen molar-refractivity contribution in [3.8, 4) is 0 Å². The number of hydrogen-bond acceptors (Lipinski definition) is 2. The molecule has 0 N–H and O–H groups in total. The molecule has 1 aliphatic rings. The Balaban J connectivity index is 2.29. The van der Waals surface area contributed by atoms with E-state index in [9.17, 15) is 8.42 Å². The molecule has 2 rings (SSSR count). The van der Waals surface area contributed by atoms with Crippen LogP contribution in [0.15, 0.2) is 29.2 Å². The molecule has 0 spiro atoms. The lowest BCUT2D eigenvalue weighted by atomic mass is 10.0. The van der Waals surface area contributed by atoms with Crippen LogP contribution < -0.4 is 0 Å². The van der Waals surface area contributed by atoms with Crippen molar-refractivity contribution >= 4 is 10.0 Å². The molecule has 4 heteroatoms. The van der Waals surface area contributed by atoms with Crippen LogP contribution in [0.5, 0.6) is 0 Å². The average molecular weight is 295 g/mol. The molecule has 1 atom stereocenters. The normalized spacial score (nSPS) is 21.3. The zero-order chi connectivity index (χ0) is 14.8. The SMILES string of the molecule is CC[C@H]1CCCCN1S(=O)(=O)c1ccc(C(C)C)cc1. The van der Waals surface area contributed by atoms with Gasteiger partial charge in [-0.25, -0.2) is 8.42 Å². The standard InChI is InChI=1S/C16H25NO2S/c1-4-15-7-5-6-12-17(15)20(18,19)16-10-8-14(9-11-16)13(2)3/h8-11,13,15H,4-7,12H2,1-3H3/t15-/m0/s1. The van der Waals surface area contributed by atoms with E-state index in [2.05, 4.69) is 20.8 Å². The Kier molecular flexibility index (Phi) is 4.86. The van der Waals surface area contributed by atoms with Gasteiger partial charge in [-0.1, -0.05) is 39.3 Å². The lowest BCUT2D eigenvalue weighted by molar-refractivity contribution is 0.246. The van der Waals surface area contributed by atoms with Crippen LogP contribution in [0.1, 0.15) is 57.9 Å². The third-order valence-electron chi connectivity index (χ3n) is 4.20. The molecule has 0 amide bonds. The highest BCUT2D eigenvalue weighted by atomic mass is 32.2. The fraction of sp³-hybridized carbons (Fsp3) is 0.625. The van der Waals surface area contributed by atoms with Gasteiger partial charge in [0, 0.05) is 12.6 Å². The fourth-order valence-electron chi connectivity index (χ4n) is 2.86. The summed E-state index contributed by atoms with van der Waals surface area (Å²) in [5.74, 6) is 0.421. The monoisotopic (exact) mass is 295 g/mol. The number of nitrogens with zero attached hydrogens (tertiary/aromatic N) is 1. The van der Waals surface area contributed by atoms with Gasteiger partial charge in [-0.3, -0.25) is 0 Å². The Hall–Kier alpha value is -0.870. The van der Waals surface area contributed by atoms with Gasteiger partial charge in [0.2, 0.25) is 10.0 Å². The number of rotatable bonds is 4. The third-order valence-corrected chi connectivity index (χ3v) is 6.16. The first-order valence-electron chi connectivity index (χ1n) is 7.58. The van der Waals surface area contributed by atoms with Gasteiger partial charge in [0.05, 0.1) is 4.90 Å².